The highest BCUT2D eigenvalue weighted by molar-refractivity contribution is 5.80. The van der Waals surface area contributed by atoms with E-state index in [-0.39, 0.29) is 22.6 Å². The highest BCUT2D eigenvalue weighted by atomic mass is 19.3. The maximum atomic E-state index is 13.5. The molecule has 1 aliphatic rings. The first-order valence-corrected chi connectivity index (χ1v) is 8.86. The van der Waals surface area contributed by atoms with Crippen LogP contribution in [0.15, 0.2) is 23.1 Å². The van der Waals surface area contributed by atoms with Gasteiger partial charge in [0, 0.05) is 23.1 Å². The van der Waals surface area contributed by atoms with E-state index in [0.717, 1.165) is 12.5 Å². The second-order valence-electron chi connectivity index (χ2n) is 7.74. The van der Waals surface area contributed by atoms with Crippen LogP contribution >= 0.6 is 0 Å². The van der Waals surface area contributed by atoms with Gasteiger partial charge in [-0.2, -0.15) is 0 Å². The van der Waals surface area contributed by atoms with Crippen LogP contribution in [0.1, 0.15) is 58.1 Å². The number of rotatable bonds is 6. The van der Waals surface area contributed by atoms with Gasteiger partial charge >= 0.3 is 0 Å². The van der Waals surface area contributed by atoms with Crippen LogP contribution in [0.5, 0.6) is 5.75 Å². The molecule has 7 heteroatoms. The molecule has 0 saturated heterocycles. The monoisotopic (exact) mass is 366 g/mol. The lowest BCUT2D eigenvalue weighted by Gasteiger charge is -2.42. The lowest BCUT2D eigenvalue weighted by atomic mass is 9.77. The van der Waals surface area contributed by atoms with Crippen LogP contribution < -0.4 is 10.3 Å². The largest absolute Gasteiger partial charge is 0.492 e. The molecule has 1 saturated carbocycles. The van der Waals surface area contributed by atoms with Crippen molar-refractivity contribution < 1.29 is 18.6 Å². The van der Waals surface area contributed by atoms with Gasteiger partial charge in [0.05, 0.1) is 18.4 Å². The number of hydrogen-bond acceptors (Lipinski definition) is 4. The van der Waals surface area contributed by atoms with Crippen molar-refractivity contribution in [2.75, 3.05) is 6.61 Å². The Hall–Kier alpha value is -2.02. The minimum Gasteiger partial charge on any atom is -0.492 e. The summed E-state index contributed by atoms with van der Waals surface area (Å²) in [5.41, 5.74) is -1.48. The summed E-state index contributed by atoms with van der Waals surface area (Å²) in [6.45, 7) is 6.31. The van der Waals surface area contributed by atoms with E-state index < -0.39 is 17.6 Å². The number of aliphatic hydroxyl groups is 1. The van der Waals surface area contributed by atoms with E-state index in [1.165, 1.54) is 16.8 Å². The summed E-state index contributed by atoms with van der Waals surface area (Å²) in [6.07, 6.45) is 0.313. The third-order valence-electron chi connectivity index (χ3n) is 4.81. The maximum Gasteiger partial charge on any atom is 0.264 e. The second kappa shape index (κ2) is 6.95. The molecule has 0 radical (unpaired) electrons. The van der Waals surface area contributed by atoms with Crippen LogP contribution in [0.2, 0.25) is 0 Å². The van der Waals surface area contributed by atoms with E-state index in [9.17, 15) is 18.7 Å². The van der Waals surface area contributed by atoms with Crippen molar-refractivity contribution in [3.8, 4) is 5.75 Å². The number of ether oxygens (including phenoxy) is 1. The minimum atomic E-state index is -2.78. The van der Waals surface area contributed by atoms with Crippen LogP contribution in [0.3, 0.4) is 0 Å². The SMILES string of the molecule is CC(C)CCOc1cnc2c(c1)c(C(F)F)cc(=O)n2[C@H]1C[C@](C)(O)C1. The molecular weight excluding hydrogens is 342 g/mol. The van der Waals surface area contributed by atoms with Crippen LogP contribution in [0.4, 0.5) is 8.78 Å². The number of halogens is 2. The number of hydrogen-bond donors (Lipinski definition) is 1. The van der Waals surface area contributed by atoms with Gasteiger partial charge in [0.1, 0.15) is 11.4 Å². The van der Waals surface area contributed by atoms with Crippen molar-refractivity contribution in [2.24, 2.45) is 5.92 Å². The second-order valence-corrected chi connectivity index (χ2v) is 7.74. The molecule has 5 nitrogen and oxygen atoms in total. The van der Waals surface area contributed by atoms with E-state index in [2.05, 4.69) is 18.8 Å². The molecule has 2 aromatic rings. The first-order chi connectivity index (χ1) is 12.2. The first kappa shape index (κ1) is 18.8. The van der Waals surface area contributed by atoms with E-state index in [1.807, 2.05) is 0 Å². The standard InChI is InChI=1S/C19H24F2N2O3/c1-11(2)4-5-26-13-6-15-14(17(20)21)7-16(24)23(18(15)22-10-13)12-8-19(3,25)9-12/h6-7,10-12,17,25H,4-5,8-9H2,1-3H3/t12-,19-. The molecule has 2 heterocycles. The molecule has 0 bridgehead atoms. The van der Waals surface area contributed by atoms with Crippen molar-refractivity contribution in [3.63, 3.8) is 0 Å². The molecule has 0 spiro atoms. The minimum absolute atomic E-state index is 0.213. The Morgan fingerprint density at radius 2 is 2.08 bits per heavy atom. The Balaban J connectivity index is 2.02. The highest BCUT2D eigenvalue weighted by Crippen LogP contribution is 2.42. The van der Waals surface area contributed by atoms with Crippen molar-refractivity contribution in [1.82, 2.24) is 9.55 Å². The summed E-state index contributed by atoms with van der Waals surface area (Å²) in [6, 6.07) is 2.25. The zero-order valence-corrected chi connectivity index (χ0v) is 15.2. The summed E-state index contributed by atoms with van der Waals surface area (Å²) in [4.78, 5) is 16.7. The number of pyridine rings is 2. The quantitative estimate of drug-likeness (QED) is 0.844. The molecule has 1 aliphatic carbocycles. The van der Waals surface area contributed by atoms with E-state index in [4.69, 9.17) is 4.74 Å². The van der Waals surface area contributed by atoms with Crippen molar-refractivity contribution in [3.05, 3.63) is 34.2 Å². The molecular formula is C19H24F2N2O3. The number of aromatic nitrogens is 2. The van der Waals surface area contributed by atoms with Crippen LogP contribution in [-0.4, -0.2) is 26.9 Å². The number of fused-ring (bicyclic) bond motifs is 1. The highest BCUT2D eigenvalue weighted by Gasteiger charge is 2.40. The molecule has 0 aromatic carbocycles. The van der Waals surface area contributed by atoms with Gasteiger partial charge in [0.2, 0.25) is 0 Å². The summed E-state index contributed by atoms with van der Waals surface area (Å²) in [7, 11) is 0. The van der Waals surface area contributed by atoms with Crippen molar-refractivity contribution in [2.45, 2.75) is 58.1 Å². The Kier molecular flexibility index (Phi) is 5.01. The molecule has 0 amide bonds. The van der Waals surface area contributed by atoms with Crippen molar-refractivity contribution >= 4 is 11.0 Å². The molecule has 3 rings (SSSR count). The fraction of sp³-hybridized carbons (Fsp3) is 0.579. The van der Waals surface area contributed by atoms with Gasteiger partial charge in [-0.25, -0.2) is 13.8 Å². The molecule has 1 fully saturated rings. The van der Waals surface area contributed by atoms with Gasteiger partial charge in [-0.1, -0.05) is 13.8 Å². The van der Waals surface area contributed by atoms with Crippen LogP contribution in [0.25, 0.3) is 11.0 Å². The fourth-order valence-corrected chi connectivity index (χ4v) is 3.39. The average molecular weight is 366 g/mol. The van der Waals surface area contributed by atoms with Gasteiger partial charge in [0.15, 0.2) is 0 Å². The van der Waals surface area contributed by atoms with Gasteiger partial charge in [-0.15, -0.1) is 0 Å². The lowest BCUT2D eigenvalue weighted by Crippen LogP contribution is -2.45. The van der Waals surface area contributed by atoms with E-state index >= 15 is 0 Å². The third kappa shape index (κ3) is 3.72. The van der Waals surface area contributed by atoms with Gasteiger partial charge in [-0.3, -0.25) is 9.36 Å². The molecule has 1 N–H and O–H groups in total. The van der Waals surface area contributed by atoms with E-state index in [1.54, 1.807) is 6.92 Å². The fourth-order valence-electron chi connectivity index (χ4n) is 3.39. The maximum absolute atomic E-state index is 13.5. The van der Waals surface area contributed by atoms with Gasteiger partial charge < -0.3 is 9.84 Å². The lowest BCUT2D eigenvalue weighted by molar-refractivity contribution is -0.0507. The zero-order chi connectivity index (χ0) is 19.1. The summed E-state index contributed by atoms with van der Waals surface area (Å²) in [5.74, 6) is 0.877. The Labute approximate surface area is 150 Å². The number of nitrogens with zero attached hydrogens (tertiary/aromatic N) is 2. The van der Waals surface area contributed by atoms with Gasteiger partial charge in [-0.05, 0) is 38.2 Å². The molecule has 26 heavy (non-hydrogen) atoms. The normalized spacial score (nSPS) is 22.8. The average Bonchev–Trinajstić information content (AvgIpc) is 2.51. The predicted molar refractivity (Wildman–Crippen MR) is 94.8 cm³/mol. The zero-order valence-electron chi connectivity index (χ0n) is 15.2. The first-order valence-electron chi connectivity index (χ1n) is 8.86. The molecule has 2 aromatic heterocycles. The third-order valence-corrected chi connectivity index (χ3v) is 4.81. The smallest absolute Gasteiger partial charge is 0.264 e. The Morgan fingerprint density at radius 1 is 1.38 bits per heavy atom. The molecule has 142 valence electrons. The topological polar surface area (TPSA) is 64.3 Å². The van der Waals surface area contributed by atoms with E-state index in [0.29, 0.717) is 31.1 Å². The Morgan fingerprint density at radius 3 is 2.65 bits per heavy atom. The predicted octanol–water partition coefficient (Wildman–Crippen LogP) is 3.84. The summed E-state index contributed by atoms with van der Waals surface area (Å²) >= 11 is 0. The number of alkyl halides is 2. The van der Waals surface area contributed by atoms with Crippen LogP contribution in [-0.2, 0) is 0 Å². The van der Waals surface area contributed by atoms with Crippen LogP contribution in [0, 0.1) is 5.92 Å². The van der Waals surface area contributed by atoms with Crippen molar-refractivity contribution in [1.29, 1.82) is 0 Å². The summed E-state index contributed by atoms with van der Waals surface area (Å²) < 4.78 is 34.0. The molecule has 0 aliphatic heterocycles. The van der Waals surface area contributed by atoms with Gasteiger partial charge in [0.25, 0.3) is 12.0 Å². The summed E-state index contributed by atoms with van der Waals surface area (Å²) in [5, 5.41) is 10.2. The molecule has 0 atom stereocenters. The Bertz CT molecular complexity index is 854. The molecule has 0 unspecified atom stereocenters.